The zero-order valence-electron chi connectivity index (χ0n) is 8.55. The van der Waals surface area contributed by atoms with Gasteiger partial charge in [-0.05, 0) is 17.7 Å². The number of rotatable bonds is 3. The Balaban J connectivity index is 2.23. The monoisotopic (exact) mass is 203 g/mol. The van der Waals surface area contributed by atoms with Crippen molar-refractivity contribution in [2.75, 3.05) is 12.8 Å². The molecule has 0 saturated carbocycles. The number of aromatic nitrogens is 2. The third-order valence-electron chi connectivity index (χ3n) is 2.11. The van der Waals surface area contributed by atoms with Gasteiger partial charge in [-0.3, -0.25) is 0 Å². The van der Waals surface area contributed by atoms with Gasteiger partial charge in [-0.2, -0.15) is 5.10 Å². The van der Waals surface area contributed by atoms with Crippen molar-refractivity contribution in [3.8, 4) is 5.69 Å². The highest BCUT2D eigenvalue weighted by molar-refractivity contribution is 5.39. The molecule has 2 N–H and O–H groups in total. The van der Waals surface area contributed by atoms with Crippen LogP contribution in [0.5, 0.6) is 0 Å². The lowest BCUT2D eigenvalue weighted by Gasteiger charge is -2.03. The lowest BCUT2D eigenvalue weighted by atomic mass is 10.2. The molecule has 0 spiro atoms. The summed E-state index contributed by atoms with van der Waals surface area (Å²) in [4.78, 5) is 0. The third-order valence-corrected chi connectivity index (χ3v) is 2.11. The van der Waals surface area contributed by atoms with Gasteiger partial charge in [0.2, 0.25) is 0 Å². The Morgan fingerprint density at radius 1 is 1.33 bits per heavy atom. The summed E-state index contributed by atoms with van der Waals surface area (Å²) in [5, 5.41) is 4.12. The summed E-state index contributed by atoms with van der Waals surface area (Å²) in [6.07, 6.45) is 3.41. The number of nitrogen functional groups attached to an aromatic ring is 1. The van der Waals surface area contributed by atoms with Crippen LogP contribution in [0.1, 0.15) is 5.56 Å². The minimum Gasteiger partial charge on any atom is -0.396 e. The summed E-state index contributed by atoms with van der Waals surface area (Å²) in [5.41, 5.74) is 8.39. The van der Waals surface area contributed by atoms with Gasteiger partial charge in [-0.1, -0.05) is 12.1 Å². The summed E-state index contributed by atoms with van der Waals surface area (Å²) in [6, 6.07) is 8.00. The van der Waals surface area contributed by atoms with Crippen LogP contribution in [0.2, 0.25) is 0 Å². The molecular formula is C11H13N3O. The molecule has 0 fully saturated rings. The average Bonchev–Trinajstić information content (AvgIpc) is 2.67. The fourth-order valence-electron chi connectivity index (χ4n) is 1.39. The molecule has 0 amide bonds. The van der Waals surface area contributed by atoms with E-state index in [-0.39, 0.29) is 0 Å². The van der Waals surface area contributed by atoms with Gasteiger partial charge >= 0.3 is 0 Å². The van der Waals surface area contributed by atoms with E-state index >= 15 is 0 Å². The highest BCUT2D eigenvalue weighted by atomic mass is 16.5. The van der Waals surface area contributed by atoms with Crippen molar-refractivity contribution in [1.82, 2.24) is 9.78 Å². The van der Waals surface area contributed by atoms with E-state index in [4.69, 9.17) is 10.5 Å². The molecule has 0 saturated heterocycles. The second-order valence-electron chi connectivity index (χ2n) is 3.32. The van der Waals surface area contributed by atoms with Gasteiger partial charge in [-0.25, -0.2) is 4.68 Å². The van der Waals surface area contributed by atoms with Crippen LogP contribution in [-0.4, -0.2) is 16.9 Å². The van der Waals surface area contributed by atoms with Crippen LogP contribution in [0.3, 0.4) is 0 Å². The smallest absolute Gasteiger partial charge is 0.0724 e. The van der Waals surface area contributed by atoms with Crippen LogP contribution in [0, 0.1) is 0 Å². The number of methoxy groups -OCH3 is 1. The van der Waals surface area contributed by atoms with Crippen LogP contribution >= 0.6 is 0 Å². The van der Waals surface area contributed by atoms with Crippen molar-refractivity contribution in [2.45, 2.75) is 6.61 Å². The molecule has 0 aliphatic rings. The topological polar surface area (TPSA) is 53.1 Å². The van der Waals surface area contributed by atoms with Crippen molar-refractivity contribution >= 4 is 5.69 Å². The molecule has 15 heavy (non-hydrogen) atoms. The Morgan fingerprint density at radius 2 is 2.07 bits per heavy atom. The zero-order valence-corrected chi connectivity index (χ0v) is 8.55. The van der Waals surface area contributed by atoms with Crippen LogP contribution in [0.25, 0.3) is 5.69 Å². The first-order chi connectivity index (χ1) is 7.29. The predicted molar refractivity (Wildman–Crippen MR) is 58.7 cm³/mol. The minimum atomic E-state index is 0.627. The Bertz CT molecular complexity index is 433. The molecule has 0 atom stereocenters. The van der Waals surface area contributed by atoms with Crippen LogP contribution < -0.4 is 5.73 Å². The van der Waals surface area contributed by atoms with Gasteiger partial charge < -0.3 is 10.5 Å². The maximum atomic E-state index is 5.59. The first-order valence-corrected chi connectivity index (χ1v) is 4.68. The van der Waals surface area contributed by atoms with Crippen molar-refractivity contribution < 1.29 is 4.74 Å². The molecule has 1 aromatic heterocycles. The first-order valence-electron chi connectivity index (χ1n) is 4.68. The van der Waals surface area contributed by atoms with Crippen molar-refractivity contribution in [1.29, 1.82) is 0 Å². The van der Waals surface area contributed by atoms with E-state index in [1.807, 2.05) is 24.3 Å². The van der Waals surface area contributed by atoms with E-state index in [0.29, 0.717) is 12.3 Å². The second-order valence-corrected chi connectivity index (χ2v) is 3.32. The molecule has 4 heteroatoms. The van der Waals surface area contributed by atoms with Gasteiger partial charge in [0.1, 0.15) is 0 Å². The molecule has 0 aliphatic heterocycles. The van der Waals surface area contributed by atoms with E-state index in [1.54, 1.807) is 24.2 Å². The molecule has 0 bridgehead atoms. The highest BCUT2D eigenvalue weighted by Gasteiger charge is 1.98. The Morgan fingerprint density at radius 3 is 2.60 bits per heavy atom. The summed E-state index contributed by atoms with van der Waals surface area (Å²) in [7, 11) is 1.68. The standard InChI is InChI=1S/C11H13N3O/c1-15-8-9-2-4-11(5-3-9)14-7-10(12)6-13-14/h2-7H,8,12H2,1H3. The third kappa shape index (κ3) is 2.16. The number of hydrogen-bond acceptors (Lipinski definition) is 3. The summed E-state index contributed by atoms with van der Waals surface area (Å²) >= 11 is 0. The van der Waals surface area contributed by atoms with Gasteiger partial charge in [0.05, 0.1) is 30.4 Å². The maximum absolute atomic E-state index is 5.59. The van der Waals surface area contributed by atoms with Gasteiger partial charge in [-0.15, -0.1) is 0 Å². The number of nitrogens with zero attached hydrogens (tertiary/aromatic N) is 2. The Kier molecular flexibility index (Phi) is 2.69. The Hall–Kier alpha value is -1.81. The molecule has 0 radical (unpaired) electrons. The van der Waals surface area contributed by atoms with E-state index in [0.717, 1.165) is 11.3 Å². The normalized spacial score (nSPS) is 10.5. The molecular weight excluding hydrogens is 190 g/mol. The number of hydrogen-bond donors (Lipinski definition) is 1. The van der Waals surface area contributed by atoms with Gasteiger partial charge in [0, 0.05) is 7.11 Å². The SMILES string of the molecule is COCc1ccc(-n2cc(N)cn2)cc1. The Labute approximate surface area is 88.3 Å². The van der Waals surface area contributed by atoms with Crippen molar-refractivity contribution in [3.63, 3.8) is 0 Å². The molecule has 4 nitrogen and oxygen atoms in total. The maximum Gasteiger partial charge on any atom is 0.0724 e. The zero-order chi connectivity index (χ0) is 10.7. The summed E-state index contributed by atoms with van der Waals surface area (Å²) < 4.78 is 6.78. The highest BCUT2D eigenvalue weighted by Crippen LogP contribution is 2.11. The fourth-order valence-corrected chi connectivity index (χ4v) is 1.39. The molecule has 2 aromatic rings. The van der Waals surface area contributed by atoms with Gasteiger partial charge in [0.25, 0.3) is 0 Å². The molecule has 0 unspecified atom stereocenters. The average molecular weight is 203 g/mol. The van der Waals surface area contributed by atoms with Crippen LogP contribution in [0.15, 0.2) is 36.7 Å². The molecule has 78 valence electrons. The molecule has 1 aromatic carbocycles. The van der Waals surface area contributed by atoms with Crippen LogP contribution in [-0.2, 0) is 11.3 Å². The fraction of sp³-hybridized carbons (Fsp3) is 0.182. The lowest BCUT2D eigenvalue weighted by Crippen LogP contribution is -1.95. The second kappa shape index (κ2) is 4.14. The minimum absolute atomic E-state index is 0.627. The summed E-state index contributed by atoms with van der Waals surface area (Å²) in [5.74, 6) is 0. The largest absolute Gasteiger partial charge is 0.396 e. The number of nitrogens with two attached hydrogens (primary N) is 1. The van der Waals surface area contributed by atoms with E-state index in [9.17, 15) is 0 Å². The van der Waals surface area contributed by atoms with Crippen molar-refractivity contribution in [3.05, 3.63) is 42.2 Å². The quantitative estimate of drug-likeness (QED) is 0.824. The van der Waals surface area contributed by atoms with E-state index in [1.165, 1.54) is 0 Å². The van der Waals surface area contributed by atoms with E-state index in [2.05, 4.69) is 5.10 Å². The number of ether oxygens (including phenoxy) is 1. The number of benzene rings is 1. The molecule has 0 aliphatic carbocycles. The number of anilines is 1. The van der Waals surface area contributed by atoms with E-state index < -0.39 is 0 Å². The van der Waals surface area contributed by atoms with Crippen molar-refractivity contribution in [2.24, 2.45) is 0 Å². The first kappa shape index (κ1) is 9.73. The predicted octanol–water partition coefficient (Wildman–Crippen LogP) is 1.60. The molecule has 1 heterocycles. The van der Waals surface area contributed by atoms with Crippen LogP contribution in [0.4, 0.5) is 5.69 Å². The molecule has 2 rings (SSSR count). The van der Waals surface area contributed by atoms with Gasteiger partial charge in [0.15, 0.2) is 0 Å². The lowest BCUT2D eigenvalue weighted by molar-refractivity contribution is 0.185. The summed E-state index contributed by atoms with van der Waals surface area (Å²) in [6.45, 7) is 0.627.